The van der Waals surface area contributed by atoms with Gasteiger partial charge in [0.25, 0.3) is 0 Å². The molecular weight excluding hydrogens is 262 g/mol. The van der Waals surface area contributed by atoms with Crippen LogP contribution in [0.5, 0.6) is 0 Å². The van der Waals surface area contributed by atoms with Crippen LogP contribution in [-0.4, -0.2) is 35.1 Å². The third-order valence-corrected chi connectivity index (χ3v) is 4.02. The first kappa shape index (κ1) is 20.2. The summed E-state index contributed by atoms with van der Waals surface area (Å²) in [7, 11) is 0. The molecule has 0 bridgehead atoms. The molecule has 4 nitrogen and oxygen atoms in total. The highest BCUT2D eigenvalue weighted by Crippen LogP contribution is 2.11. The molecule has 0 aliphatic carbocycles. The van der Waals surface area contributed by atoms with Gasteiger partial charge in [-0.05, 0) is 26.8 Å². The maximum atomic E-state index is 8.65. The molecule has 0 heterocycles. The largest absolute Gasteiger partial charge is 0.409 e. The molecule has 0 radical (unpaired) electrons. The van der Waals surface area contributed by atoms with Gasteiger partial charge in [-0.15, -0.1) is 0 Å². The van der Waals surface area contributed by atoms with Crippen molar-refractivity contribution in [2.45, 2.75) is 91.0 Å². The number of hydrogen-bond donors (Lipinski definition) is 2. The van der Waals surface area contributed by atoms with E-state index in [0.717, 1.165) is 6.54 Å². The molecule has 0 saturated heterocycles. The summed E-state index contributed by atoms with van der Waals surface area (Å²) in [4.78, 5) is 2.26. The summed E-state index contributed by atoms with van der Waals surface area (Å²) in [6.07, 6.45) is 13.5. The minimum atomic E-state index is 0.302. The lowest BCUT2D eigenvalue weighted by Crippen LogP contribution is -2.39. The zero-order valence-corrected chi connectivity index (χ0v) is 14.5. The number of oxime groups is 1. The molecule has 0 spiro atoms. The van der Waals surface area contributed by atoms with E-state index in [-0.39, 0.29) is 0 Å². The number of amidine groups is 1. The molecule has 0 aliphatic rings. The van der Waals surface area contributed by atoms with Crippen molar-refractivity contribution in [2.24, 2.45) is 10.9 Å². The van der Waals surface area contributed by atoms with Gasteiger partial charge in [0.05, 0.1) is 6.54 Å². The molecule has 21 heavy (non-hydrogen) atoms. The SMILES string of the molecule is CCCCCCCCCCCCN(CC(N)=NO)C(C)C. The van der Waals surface area contributed by atoms with Gasteiger partial charge in [-0.1, -0.05) is 69.9 Å². The van der Waals surface area contributed by atoms with Gasteiger partial charge < -0.3 is 10.9 Å². The van der Waals surface area contributed by atoms with Gasteiger partial charge in [0.15, 0.2) is 5.84 Å². The van der Waals surface area contributed by atoms with Crippen LogP contribution in [0.25, 0.3) is 0 Å². The van der Waals surface area contributed by atoms with Crippen LogP contribution in [0.1, 0.15) is 85.0 Å². The minimum absolute atomic E-state index is 0.302. The first-order valence-corrected chi connectivity index (χ1v) is 8.82. The van der Waals surface area contributed by atoms with E-state index in [9.17, 15) is 0 Å². The van der Waals surface area contributed by atoms with Crippen LogP contribution in [-0.2, 0) is 0 Å². The van der Waals surface area contributed by atoms with Crippen LogP contribution >= 0.6 is 0 Å². The molecule has 0 rings (SSSR count). The van der Waals surface area contributed by atoms with Crippen LogP contribution in [0.15, 0.2) is 5.16 Å². The second-order valence-corrected chi connectivity index (χ2v) is 6.34. The Hall–Kier alpha value is -0.770. The summed E-state index contributed by atoms with van der Waals surface area (Å²) in [5, 5.41) is 11.7. The Balaban J connectivity index is 3.50. The van der Waals surface area contributed by atoms with Crippen molar-refractivity contribution in [1.82, 2.24) is 4.90 Å². The Bertz CT molecular complexity index is 254. The Morgan fingerprint density at radius 2 is 1.43 bits per heavy atom. The quantitative estimate of drug-likeness (QED) is 0.165. The maximum absolute atomic E-state index is 8.65. The number of unbranched alkanes of at least 4 members (excludes halogenated alkanes) is 9. The standard InChI is InChI=1S/C17H37N3O/c1-4-5-6-7-8-9-10-11-12-13-14-20(16(2)3)15-17(18)19-21/h16,21H,4-15H2,1-3H3,(H2,18,19). The fourth-order valence-corrected chi connectivity index (χ4v) is 2.56. The lowest BCUT2D eigenvalue weighted by molar-refractivity contribution is 0.241. The highest BCUT2D eigenvalue weighted by Gasteiger charge is 2.10. The zero-order chi connectivity index (χ0) is 15.9. The molecule has 0 aromatic heterocycles. The lowest BCUT2D eigenvalue weighted by atomic mass is 10.1. The molecule has 0 saturated carbocycles. The van der Waals surface area contributed by atoms with Crippen LogP contribution in [0, 0.1) is 0 Å². The fourth-order valence-electron chi connectivity index (χ4n) is 2.56. The Kier molecular flexibility index (Phi) is 13.7. The van der Waals surface area contributed by atoms with Crippen LogP contribution in [0.2, 0.25) is 0 Å². The van der Waals surface area contributed by atoms with Crippen molar-refractivity contribution in [2.75, 3.05) is 13.1 Å². The Morgan fingerprint density at radius 3 is 1.86 bits per heavy atom. The predicted molar refractivity (Wildman–Crippen MR) is 92.0 cm³/mol. The first-order valence-electron chi connectivity index (χ1n) is 8.82. The summed E-state index contributed by atoms with van der Waals surface area (Å²) in [5.74, 6) is 0.302. The third-order valence-electron chi connectivity index (χ3n) is 4.02. The van der Waals surface area contributed by atoms with E-state index in [1.165, 1.54) is 64.2 Å². The van der Waals surface area contributed by atoms with Gasteiger partial charge in [-0.25, -0.2) is 0 Å². The molecule has 126 valence electrons. The Labute approximate surface area is 131 Å². The second kappa shape index (κ2) is 14.2. The fraction of sp³-hybridized carbons (Fsp3) is 0.941. The maximum Gasteiger partial charge on any atom is 0.153 e. The number of hydrogen-bond acceptors (Lipinski definition) is 3. The number of rotatable bonds is 14. The third kappa shape index (κ3) is 12.7. The lowest BCUT2D eigenvalue weighted by Gasteiger charge is -2.25. The summed E-state index contributed by atoms with van der Waals surface area (Å²) >= 11 is 0. The topological polar surface area (TPSA) is 61.8 Å². The van der Waals surface area contributed by atoms with E-state index in [4.69, 9.17) is 10.9 Å². The highest BCUT2D eigenvalue weighted by molar-refractivity contribution is 5.81. The molecule has 0 aromatic carbocycles. The van der Waals surface area contributed by atoms with E-state index >= 15 is 0 Å². The number of nitrogens with two attached hydrogens (primary N) is 1. The van der Waals surface area contributed by atoms with Crippen molar-refractivity contribution < 1.29 is 5.21 Å². The second-order valence-electron chi connectivity index (χ2n) is 6.34. The summed E-state index contributed by atoms with van der Waals surface area (Å²) in [5.41, 5.74) is 5.59. The number of nitrogens with zero attached hydrogens (tertiary/aromatic N) is 2. The predicted octanol–water partition coefficient (Wildman–Crippen LogP) is 4.36. The van der Waals surface area contributed by atoms with Gasteiger partial charge in [0.2, 0.25) is 0 Å². The summed E-state index contributed by atoms with van der Waals surface area (Å²) < 4.78 is 0. The smallest absolute Gasteiger partial charge is 0.153 e. The molecule has 0 amide bonds. The molecular formula is C17H37N3O. The van der Waals surface area contributed by atoms with Crippen molar-refractivity contribution in [3.8, 4) is 0 Å². The van der Waals surface area contributed by atoms with Gasteiger partial charge in [-0.3, -0.25) is 4.90 Å². The molecule has 3 N–H and O–H groups in total. The van der Waals surface area contributed by atoms with E-state index in [1.54, 1.807) is 0 Å². The molecule has 0 aromatic rings. The monoisotopic (exact) mass is 299 g/mol. The van der Waals surface area contributed by atoms with Gasteiger partial charge in [0, 0.05) is 6.04 Å². The molecule has 4 heteroatoms. The average molecular weight is 300 g/mol. The van der Waals surface area contributed by atoms with Crippen molar-refractivity contribution in [3.63, 3.8) is 0 Å². The molecule has 0 atom stereocenters. The van der Waals surface area contributed by atoms with Crippen molar-refractivity contribution >= 4 is 5.84 Å². The summed E-state index contributed by atoms with van der Waals surface area (Å²) in [6, 6.07) is 0.434. The van der Waals surface area contributed by atoms with Crippen molar-refractivity contribution in [3.05, 3.63) is 0 Å². The van der Waals surface area contributed by atoms with Gasteiger partial charge >= 0.3 is 0 Å². The molecule has 0 aliphatic heterocycles. The van der Waals surface area contributed by atoms with E-state index < -0.39 is 0 Å². The zero-order valence-electron chi connectivity index (χ0n) is 14.5. The molecule has 0 unspecified atom stereocenters. The van der Waals surface area contributed by atoms with Crippen LogP contribution < -0.4 is 5.73 Å². The van der Waals surface area contributed by atoms with E-state index in [2.05, 4.69) is 30.8 Å². The van der Waals surface area contributed by atoms with E-state index in [1.807, 2.05) is 0 Å². The molecule has 0 fully saturated rings. The Morgan fingerprint density at radius 1 is 0.952 bits per heavy atom. The van der Waals surface area contributed by atoms with Gasteiger partial charge in [-0.2, -0.15) is 0 Å². The minimum Gasteiger partial charge on any atom is -0.409 e. The average Bonchev–Trinajstić information content (AvgIpc) is 2.47. The van der Waals surface area contributed by atoms with Gasteiger partial charge in [0.1, 0.15) is 0 Å². The normalized spacial score (nSPS) is 12.5. The van der Waals surface area contributed by atoms with E-state index in [0.29, 0.717) is 18.4 Å². The summed E-state index contributed by atoms with van der Waals surface area (Å²) in [6.45, 7) is 8.17. The van der Waals surface area contributed by atoms with Crippen molar-refractivity contribution in [1.29, 1.82) is 0 Å². The highest BCUT2D eigenvalue weighted by atomic mass is 16.4. The van der Waals surface area contributed by atoms with Crippen LogP contribution in [0.4, 0.5) is 0 Å². The van der Waals surface area contributed by atoms with Crippen LogP contribution in [0.3, 0.4) is 0 Å². The first-order chi connectivity index (χ1) is 10.1.